The number of allylic oxidation sites excluding steroid dienone is 1. The van der Waals surface area contributed by atoms with Crippen LogP contribution in [0.3, 0.4) is 0 Å². The lowest BCUT2D eigenvalue weighted by Crippen LogP contribution is -2.54. The third kappa shape index (κ3) is 2.00. The Morgan fingerprint density at radius 3 is 2.61 bits per heavy atom. The molecule has 0 aromatic rings. The molecule has 0 bridgehead atoms. The van der Waals surface area contributed by atoms with Crippen molar-refractivity contribution >= 4 is 5.78 Å². The topological polar surface area (TPSA) is 37.3 Å². The lowest BCUT2D eigenvalue weighted by atomic mass is 9.44. The molecule has 4 rings (SSSR count). The summed E-state index contributed by atoms with van der Waals surface area (Å²) in [7, 11) is 0. The van der Waals surface area contributed by atoms with Gasteiger partial charge in [0.25, 0.3) is 0 Å². The quantitative estimate of drug-likeness (QED) is 0.720. The minimum absolute atomic E-state index is 0.0532. The van der Waals surface area contributed by atoms with E-state index in [1.165, 1.54) is 31.3 Å². The average molecular weight is 316 g/mol. The standard InChI is InChI=1S/C21H32O2/c1-12-9-14-10-17(22)18(23)11-21(14,4)16-7-8-20(3)13(2)5-6-15(20)19(12)16/h10,12-13,15-16,18-19,23H,5-9,11H2,1-4H3/t12?,13?,15-,16-,18?,19-,20+,21-/m0/s1. The van der Waals surface area contributed by atoms with Gasteiger partial charge in [-0.15, -0.1) is 0 Å². The van der Waals surface area contributed by atoms with Crippen molar-refractivity contribution in [1.29, 1.82) is 0 Å². The van der Waals surface area contributed by atoms with Gasteiger partial charge in [-0.3, -0.25) is 4.79 Å². The first-order valence-electron chi connectivity index (χ1n) is 9.70. The molecule has 2 nitrogen and oxygen atoms in total. The van der Waals surface area contributed by atoms with E-state index in [2.05, 4.69) is 27.7 Å². The molecule has 0 heterocycles. The monoisotopic (exact) mass is 316 g/mol. The van der Waals surface area contributed by atoms with Crippen LogP contribution in [0.5, 0.6) is 0 Å². The molecule has 0 amide bonds. The number of rotatable bonds is 0. The second-order valence-electron chi connectivity index (χ2n) is 9.70. The summed E-state index contributed by atoms with van der Waals surface area (Å²) >= 11 is 0. The second-order valence-corrected chi connectivity index (χ2v) is 9.70. The van der Waals surface area contributed by atoms with Gasteiger partial charge < -0.3 is 5.11 Å². The largest absolute Gasteiger partial charge is 0.385 e. The highest BCUT2D eigenvalue weighted by Gasteiger charge is 2.60. The molecule has 8 atom stereocenters. The molecule has 4 aliphatic rings. The minimum Gasteiger partial charge on any atom is -0.385 e. The van der Waals surface area contributed by atoms with E-state index in [1.807, 2.05) is 6.08 Å². The summed E-state index contributed by atoms with van der Waals surface area (Å²) in [5.74, 6) is 3.75. The number of ketones is 1. The highest BCUT2D eigenvalue weighted by atomic mass is 16.3. The highest BCUT2D eigenvalue weighted by Crippen LogP contribution is 2.67. The normalized spacial score (nSPS) is 55.7. The van der Waals surface area contributed by atoms with Crippen LogP contribution in [0, 0.1) is 40.4 Å². The summed E-state index contributed by atoms with van der Waals surface area (Å²) in [6, 6.07) is 0. The number of hydrogen-bond acceptors (Lipinski definition) is 2. The highest BCUT2D eigenvalue weighted by molar-refractivity contribution is 5.95. The van der Waals surface area contributed by atoms with E-state index in [4.69, 9.17) is 0 Å². The Morgan fingerprint density at radius 2 is 1.87 bits per heavy atom. The van der Waals surface area contributed by atoms with Crippen molar-refractivity contribution in [2.45, 2.75) is 72.3 Å². The molecular weight excluding hydrogens is 284 g/mol. The Labute approximate surface area is 140 Å². The van der Waals surface area contributed by atoms with E-state index in [1.54, 1.807) is 0 Å². The summed E-state index contributed by atoms with van der Waals surface area (Å²) in [6.07, 6.45) is 8.15. The predicted octanol–water partition coefficient (Wildman–Crippen LogP) is 4.37. The van der Waals surface area contributed by atoms with Gasteiger partial charge in [-0.2, -0.15) is 0 Å². The Kier molecular flexibility index (Phi) is 3.41. The van der Waals surface area contributed by atoms with E-state index in [0.717, 1.165) is 24.2 Å². The van der Waals surface area contributed by atoms with Crippen LogP contribution in [0.25, 0.3) is 0 Å². The second kappa shape index (κ2) is 4.94. The zero-order valence-electron chi connectivity index (χ0n) is 15.1. The fourth-order valence-corrected chi connectivity index (χ4v) is 7.22. The molecule has 0 aromatic heterocycles. The van der Waals surface area contributed by atoms with Gasteiger partial charge in [0.15, 0.2) is 5.78 Å². The smallest absolute Gasteiger partial charge is 0.184 e. The number of carbonyl (C=O) groups is 1. The maximum atomic E-state index is 12.0. The third-order valence-corrected chi connectivity index (χ3v) is 8.82. The van der Waals surface area contributed by atoms with Crippen molar-refractivity contribution in [3.05, 3.63) is 11.6 Å². The molecule has 23 heavy (non-hydrogen) atoms. The first-order chi connectivity index (χ1) is 10.8. The molecule has 3 saturated carbocycles. The molecule has 1 N–H and O–H groups in total. The fourth-order valence-electron chi connectivity index (χ4n) is 7.22. The Bertz CT molecular complexity index is 564. The number of aliphatic hydroxyl groups is 1. The molecule has 2 heteroatoms. The zero-order chi connectivity index (χ0) is 16.6. The van der Waals surface area contributed by atoms with E-state index < -0.39 is 6.10 Å². The van der Waals surface area contributed by atoms with Gasteiger partial charge in [-0.05, 0) is 85.0 Å². The van der Waals surface area contributed by atoms with Crippen molar-refractivity contribution in [3.8, 4) is 0 Å². The van der Waals surface area contributed by atoms with Crippen LogP contribution >= 0.6 is 0 Å². The summed E-state index contributed by atoms with van der Waals surface area (Å²) in [5, 5.41) is 10.2. The molecule has 0 spiro atoms. The SMILES string of the molecule is CC1CC2=CC(=O)C(O)C[C@]2(C)[C@H]2CC[C@]3(C)C(C)CC[C@H]3[C@H]12. The molecular formula is C21H32O2. The van der Waals surface area contributed by atoms with Crippen molar-refractivity contribution in [3.63, 3.8) is 0 Å². The maximum absolute atomic E-state index is 12.0. The number of carbonyl (C=O) groups excluding carboxylic acids is 1. The molecule has 4 aliphatic carbocycles. The number of aliphatic hydroxyl groups excluding tert-OH is 1. The van der Waals surface area contributed by atoms with Crippen LogP contribution in [0.2, 0.25) is 0 Å². The first-order valence-corrected chi connectivity index (χ1v) is 9.70. The van der Waals surface area contributed by atoms with Crippen LogP contribution in [0.4, 0.5) is 0 Å². The van der Waals surface area contributed by atoms with Crippen molar-refractivity contribution in [2.75, 3.05) is 0 Å². The molecule has 3 unspecified atom stereocenters. The average Bonchev–Trinajstić information content (AvgIpc) is 2.78. The van der Waals surface area contributed by atoms with Crippen molar-refractivity contribution in [1.82, 2.24) is 0 Å². The molecule has 0 aliphatic heterocycles. The summed E-state index contributed by atoms with van der Waals surface area (Å²) in [6.45, 7) is 9.77. The fraction of sp³-hybridized carbons (Fsp3) is 0.857. The van der Waals surface area contributed by atoms with E-state index >= 15 is 0 Å². The summed E-state index contributed by atoms with van der Waals surface area (Å²) < 4.78 is 0. The number of fused-ring (bicyclic) bond motifs is 5. The van der Waals surface area contributed by atoms with Gasteiger partial charge in [-0.1, -0.05) is 33.3 Å². The van der Waals surface area contributed by atoms with Crippen LogP contribution < -0.4 is 0 Å². The Balaban J connectivity index is 1.74. The van der Waals surface area contributed by atoms with Gasteiger partial charge >= 0.3 is 0 Å². The van der Waals surface area contributed by atoms with Crippen LogP contribution in [0.1, 0.15) is 66.2 Å². The van der Waals surface area contributed by atoms with Gasteiger partial charge in [0.2, 0.25) is 0 Å². The van der Waals surface area contributed by atoms with Crippen molar-refractivity contribution in [2.24, 2.45) is 40.4 Å². The molecule has 0 aromatic carbocycles. The van der Waals surface area contributed by atoms with E-state index in [-0.39, 0.29) is 11.2 Å². The minimum atomic E-state index is -0.770. The Morgan fingerprint density at radius 1 is 1.13 bits per heavy atom. The molecule has 0 saturated heterocycles. The van der Waals surface area contributed by atoms with E-state index in [9.17, 15) is 9.90 Å². The van der Waals surface area contributed by atoms with Crippen LogP contribution in [-0.2, 0) is 4.79 Å². The van der Waals surface area contributed by atoms with Gasteiger partial charge in [0.05, 0.1) is 0 Å². The van der Waals surface area contributed by atoms with Gasteiger partial charge in [-0.25, -0.2) is 0 Å². The van der Waals surface area contributed by atoms with E-state index in [0.29, 0.717) is 23.7 Å². The summed E-state index contributed by atoms with van der Waals surface area (Å²) in [5.41, 5.74) is 1.92. The third-order valence-electron chi connectivity index (χ3n) is 8.82. The molecule has 0 radical (unpaired) electrons. The first kappa shape index (κ1) is 15.9. The zero-order valence-corrected chi connectivity index (χ0v) is 15.1. The predicted molar refractivity (Wildman–Crippen MR) is 91.8 cm³/mol. The molecule has 3 fully saturated rings. The lowest BCUT2D eigenvalue weighted by molar-refractivity contribution is -0.129. The number of hydrogen-bond donors (Lipinski definition) is 1. The Hall–Kier alpha value is -0.630. The van der Waals surface area contributed by atoms with Gasteiger partial charge in [0, 0.05) is 0 Å². The molecule has 128 valence electrons. The van der Waals surface area contributed by atoms with Crippen LogP contribution in [0.15, 0.2) is 11.6 Å². The summed E-state index contributed by atoms with van der Waals surface area (Å²) in [4.78, 5) is 12.0. The van der Waals surface area contributed by atoms with Gasteiger partial charge in [0.1, 0.15) is 6.10 Å². The van der Waals surface area contributed by atoms with Crippen molar-refractivity contribution < 1.29 is 9.90 Å². The lowest BCUT2D eigenvalue weighted by Gasteiger charge is -2.60. The maximum Gasteiger partial charge on any atom is 0.184 e. The van der Waals surface area contributed by atoms with Crippen LogP contribution in [-0.4, -0.2) is 17.0 Å².